The van der Waals surface area contributed by atoms with Crippen LogP contribution in [0, 0.1) is 10.1 Å². The number of rotatable bonds is 2. The van der Waals surface area contributed by atoms with Gasteiger partial charge in [0.1, 0.15) is 5.75 Å². The Morgan fingerprint density at radius 2 is 1.86 bits per heavy atom. The summed E-state index contributed by atoms with van der Waals surface area (Å²) >= 11 is 0. The second kappa shape index (κ2) is 3.53. The Morgan fingerprint density at radius 1 is 1.29 bits per heavy atom. The second-order valence-corrected chi connectivity index (χ2v) is 3.31. The first-order valence-corrected chi connectivity index (χ1v) is 4.13. The topological polar surface area (TPSA) is 83.6 Å². The molecule has 0 radical (unpaired) electrons. The summed E-state index contributed by atoms with van der Waals surface area (Å²) in [4.78, 5) is 9.65. The Kier molecular flexibility index (Phi) is 2.60. The number of aromatic hydroxyl groups is 2. The number of nitrogens with zero attached hydrogens (tertiary/aromatic N) is 1. The van der Waals surface area contributed by atoms with Crippen molar-refractivity contribution in [2.24, 2.45) is 0 Å². The Morgan fingerprint density at radius 3 is 2.29 bits per heavy atom. The van der Waals surface area contributed by atoms with Gasteiger partial charge in [0, 0.05) is 5.56 Å². The molecule has 14 heavy (non-hydrogen) atoms. The van der Waals surface area contributed by atoms with Crippen LogP contribution in [0.3, 0.4) is 0 Å². The molecule has 0 aliphatic heterocycles. The molecule has 1 aromatic carbocycles. The summed E-state index contributed by atoms with van der Waals surface area (Å²) in [6, 6.07) is 2.18. The summed E-state index contributed by atoms with van der Waals surface area (Å²) in [5.74, 6) is -0.581. The highest BCUT2D eigenvalue weighted by molar-refractivity contribution is 5.54. The van der Waals surface area contributed by atoms with E-state index in [9.17, 15) is 20.3 Å². The molecular weight excluding hydrogens is 186 g/mol. The van der Waals surface area contributed by atoms with Crippen LogP contribution in [-0.4, -0.2) is 15.1 Å². The van der Waals surface area contributed by atoms with Crippen LogP contribution in [-0.2, 0) is 0 Å². The number of phenols is 2. The molecule has 0 aliphatic carbocycles. The number of phenolic OH excluding ortho intramolecular Hbond substituents is 2. The van der Waals surface area contributed by atoms with Crippen molar-refractivity contribution in [1.82, 2.24) is 0 Å². The number of hydrogen-bond donors (Lipinski definition) is 2. The standard InChI is InChI=1S/C9H11NO4/c1-5(2)6-3-9(12)7(10(13)14)4-8(6)11/h3-5,11-12H,1-2H3. The van der Waals surface area contributed by atoms with Crippen LogP contribution in [0.2, 0.25) is 0 Å². The summed E-state index contributed by atoms with van der Waals surface area (Å²) in [6.45, 7) is 3.64. The van der Waals surface area contributed by atoms with E-state index < -0.39 is 16.4 Å². The summed E-state index contributed by atoms with van der Waals surface area (Å²) in [5.41, 5.74) is 0.0139. The lowest BCUT2D eigenvalue weighted by molar-refractivity contribution is -0.386. The van der Waals surface area contributed by atoms with E-state index in [0.29, 0.717) is 5.56 Å². The first kappa shape index (κ1) is 10.3. The Hall–Kier alpha value is -1.78. The lowest BCUT2D eigenvalue weighted by Gasteiger charge is -2.08. The molecule has 0 fully saturated rings. The molecule has 1 aromatic rings. The van der Waals surface area contributed by atoms with E-state index >= 15 is 0 Å². The SMILES string of the molecule is CC(C)c1cc(O)c([N+](=O)[O-])cc1O. The minimum atomic E-state index is -0.737. The van der Waals surface area contributed by atoms with Crippen molar-refractivity contribution in [3.63, 3.8) is 0 Å². The van der Waals surface area contributed by atoms with E-state index in [1.54, 1.807) is 0 Å². The average Bonchev–Trinajstić information content (AvgIpc) is 2.07. The molecule has 0 bridgehead atoms. The fraction of sp³-hybridized carbons (Fsp3) is 0.333. The zero-order valence-electron chi connectivity index (χ0n) is 7.89. The molecule has 0 aliphatic rings. The molecule has 0 aromatic heterocycles. The smallest absolute Gasteiger partial charge is 0.314 e. The fourth-order valence-corrected chi connectivity index (χ4v) is 1.19. The molecule has 0 saturated heterocycles. The van der Waals surface area contributed by atoms with Crippen molar-refractivity contribution in [1.29, 1.82) is 0 Å². The predicted octanol–water partition coefficient (Wildman–Crippen LogP) is 2.13. The van der Waals surface area contributed by atoms with Crippen molar-refractivity contribution in [3.8, 4) is 11.5 Å². The van der Waals surface area contributed by atoms with Crippen LogP contribution in [0.15, 0.2) is 12.1 Å². The molecule has 0 unspecified atom stereocenters. The lowest BCUT2D eigenvalue weighted by Crippen LogP contribution is -1.93. The van der Waals surface area contributed by atoms with Crippen LogP contribution < -0.4 is 0 Å². The highest BCUT2D eigenvalue weighted by atomic mass is 16.6. The molecule has 0 spiro atoms. The van der Waals surface area contributed by atoms with E-state index in [2.05, 4.69) is 0 Å². The average molecular weight is 197 g/mol. The largest absolute Gasteiger partial charge is 0.507 e. The molecule has 0 saturated carbocycles. The van der Waals surface area contributed by atoms with Crippen molar-refractivity contribution in [2.45, 2.75) is 19.8 Å². The zero-order valence-corrected chi connectivity index (χ0v) is 7.89. The zero-order chi connectivity index (χ0) is 10.9. The molecule has 0 amide bonds. The van der Waals surface area contributed by atoms with Crippen LogP contribution in [0.25, 0.3) is 0 Å². The maximum absolute atomic E-state index is 10.4. The van der Waals surface area contributed by atoms with E-state index in [0.717, 1.165) is 6.07 Å². The van der Waals surface area contributed by atoms with Gasteiger partial charge in [0.05, 0.1) is 11.0 Å². The van der Waals surface area contributed by atoms with Crippen LogP contribution in [0.5, 0.6) is 11.5 Å². The van der Waals surface area contributed by atoms with Crippen molar-refractivity contribution in [3.05, 3.63) is 27.8 Å². The van der Waals surface area contributed by atoms with Gasteiger partial charge in [-0.05, 0) is 12.0 Å². The predicted molar refractivity (Wildman–Crippen MR) is 50.5 cm³/mol. The Labute approximate surface area is 80.8 Å². The fourth-order valence-electron chi connectivity index (χ4n) is 1.19. The Bertz CT molecular complexity index is 373. The van der Waals surface area contributed by atoms with E-state index in [1.807, 2.05) is 13.8 Å². The summed E-state index contributed by atoms with van der Waals surface area (Å²) in [6.07, 6.45) is 0. The third kappa shape index (κ3) is 1.76. The molecule has 5 heteroatoms. The van der Waals surface area contributed by atoms with E-state index in [4.69, 9.17) is 0 Å². The molecule has 2 N–H and O–H groups in total. The highest BCUT2D eigenvalue weighted by Gasteiger charge is 2.18. The van der Waals surface area contributed by atoms with Crippen molar-refractivity contribution in [2.75, 3.05) is 0 Å². The van der Waals surface area contributed by atoms with Gasteiger partial charge in [0.25, 0.3) is 0 Å². The summed E-state index contributed by atoms with van der Waals surface area (Å²) in [5, 5.41) is 29.1. The first-order valence-electron chi connectivity index (χ1n) is 4.13. The van der Waals surface area contributed by atoms with Crippen LogP contribution in [0.4, 0.5) is 5.69 Å². The molecule has 1 rings (SSSR count). The van der Waals surface area contributed by atoms with Gasteiger partial charge in [-0.1, -0.05) is 13.8 Å². The maximum Gasteiger partial charge on any atom is 0.314 e. The van der Waals surface area contributed by atoms with Gasteiger partial charge in [0.2, 0.25) is 0 Å². The molecule has 0 heterocycles. The molecular formula is C9H11NO4. The minimum absolute atomic E-state index is 0.00158. The molecule has 5 nitrogen and oxygen atoms in total. The van der Waals surface area contributed by atoms with Crippen molar-refractivity contribution >= 4 is 5.69 Å². The van der Waals surface area contributed by atoms with E-state index in [-0.39, 0.29) is 11.7 Å². The number of nitro benzene ring substituents is 1. The van der Waals surface area contributed by atoms with Gasteiger partial charge in [-0.25, -0.2) is 0 Å². The first-order chi connectivity index (χ1) is 6.43. The third-order valence-electron chi connectivity index (χ3n) is 1.94. The van der Waals surface area contributed by atoms with Gasteiger partial charge < -0.3 is 10.2 Å². The van der Waals surface area contributed by atoms with Crippen LogP contribution in [0.1, 0.15) is 25.3 Å². The van der Waals surface area contributed by atoms with Gasteiger partial charge in [0.15, 0.2) is 5.75 Å². The van der Waals surface area contributed by atoms with Crippen molar-refractivity contribution < 1.29 is 15.1 Å². The third-order valence-corrected chi connectivity index (χ3v) is 1.94. The Balaban J connectivity index is 3.31. The van der Waals surface area contributed by atoms with Gasteiger partial charge in [-0.15, -0.1) is 0 Å². The highest BCUT2D eigenvalue weighted by Crippen LogP contribution is 2.36. The number of nitro groups is 1. The van der Waals surface area contributed by atoms with Crippen LogP contribution >= 0.6 is 0 Å². The minimum Gasteiger partial charge on any atom is -0.507 e. The molecule has 0 atom stereocenters. The van der Waals surface area contributed by atoms with Gasteiger partial charge >= 0.3 is 5.69 Å². The van der Waals surface area contributed by atoms with Gasteiger partial charge in [-0.3, -0.25) is 10.1 Å². The van der Waals surface area contributed by atoms with Gasteiger partial charge in [-0.2, -0.15) is 0 Å². The maximum atomic E-state index is 10.4. The number of benzene rings is 1. The summed E-state index contributed by atoms with van der Waals surface area (Å²) < 4.78 is 0. The number of hydrogen-bond acceptors (Lipinski definition) is 4. The lowest BCUT2D eigenvalue weighted by atomic mass is 10.0. The van der Waals surface area contributed by atoms with E-state index in [1.165, 1.54) is 6.07 Å². The monoisotopic (exact) mass is 197 g/mol. The second-order valence-electron chi connectivity index (χ2n) is 3.31. The summed E-state index contributed by atoms with van der Waals surface area (Å²) in [7, 11) is 0. The normalized spacial score (nSPS) is 10.5. The quantitative estimate of drug-likeness (QED) is 0.432. The molecule has 76 valence electrons.